The SMILES string of the molecule is CCOc1ccc(NC(=O)Cc2ccc3c(c2)NC(=O)CCO3)cc1. The quantitative estimate of drug-likeness (QED) is 0.877. The van der Waals surface area contributed by atoms with E-state index >= 15 is 0 Å². The van der Waals surface area contributed by atoms with Gasteiger partial charge in [0.25, 0.3) is 0 Å². The topological polar surface area (TPSA) is 76.7 Å². The lowest BCUT2D eigenvalue weighted by atomic mass is 10.1. The number of nitrogens with one attached hydrogen (secondary N) is 2. The molecule has 0 atom stereocenters. The van der Waals surface area contributed by atoms with Crippen LogP contribution in [-0.4, -0.2) is 25.0 Å². The van der Waals surface area contributed by atoms with Gasteiger partial charge in [0.05, 0.1) is 31.7 Å². The van der Waals surface area contributed by atoms with Crippen LogP contribution in [0.2, 0.25) is 0 Å². The van der Waals surface area contributed by atoms with E-state index in [2.05, 4.69) is 10.6 Å². The predicted molar refractivity (Wildman–Crippen MR) is 95.1 cm³/mol. The van der Waals surface area contributed by atoms with Crippen LogP contribution in [0.25, 0.3) is 0 Å². The maximum atomic E-state index is 12.2. The van der Waals surface area contributed by atoms with E-state index in [1.165, 1.54) is 0 Å². The van der Waals surface area contributed by atoms with Crippen LogP contribution < -0.4 is 20.1 Å². The van der Waals surface area contributed by atoms with Crippen molar-refractivity contribution >= 4 is 23.2 Å². The van der Waals surface area contributed by atoms with Crippen LogP contribution in [0.1, 0.15) is 18.9 Å². The molecule has 25 heavy (non-hydrogen) atoms. The second-order valence-electron chi connectivity index (χ2n) is 5.66. The molecular weight excluding hydrogens is 320 g/mol. The number of carbonyl (C=O) groups excluding carboxylic acids is 2. The molecule has 0 bridgehead atoms. The highest BCUT2D eigenvalue weighted by Gasteiger charge is 2.15. The monoisotopic (exact) mass is 340 g/mol. The standard InChI is InChI=1S/C19H20N2O4/c1-2-24-15-6-4-14(5-7-15)20-19(23)12-13-3-8-17-16(11-13)21-18(22)9-10-25-17/h3-8,11H,2,9-10,12H2,1H3,(H,20,23)(H,21,22). The lowest BCUT2D eigenvalue weighted by Crippen LogP contribution is -2.15. The minimum absolute atomic E-state index is 0.0882. The lowest BCUT2D eigenvalue weighted by Gasteiger charge is -2.10. The highest BCUT2D eigenvalue weighted by atomic mass is 16.5. The average molecular weight is 340 g/mol. The summed E-state index contributed by atoms with van der Waals surface area (Å²) in [5, 5.41) is 5.64. The summed E-state index contributed by atoms with van der Waals surface area (Å²) < 4.78 is 10.9. The Morgan fingerprint density at radius 1 is 1.24 bits per heavy atom. The summed E-state index contributed by atoms with van der Waals surface area (Å²) in [4.78, 5) is 23.8. The van der Waals surface area contributed by atoms with Gasteiger partial charge in [-0.05, 0) is 48.9 Å². The van der Waals surface area contributed by atoms with E-state index < -0.39 is 0 Å². The number of ether oxygens (including phenoxy) is 2. The van der Waals surface area contributed by atoms with Crippen LogP contribution in [0.4, 0.5) is 11.4 Å². The molecule has 1 heterocycles. The van der Waals surface area contributed by atoms with Crippen LogP contribution in [0.5, 0.6) is 11.5 Å². The lowest BCUT2D eigenvalue weighted by molar-refractivity contribution is -0.116. The van der Waals surface area contributed by atoms with Crippen molar-refractivity contribution in [1.29, 1.82) is 0 Å². The van der Waals surface area contributed by atoms with Gasteiger partial charge in [0, 0.05) is 5.69 Å². The Kier molecular flexibility index (Phi) is 5.18. The Labute approximate surface area is 146 Å². The van der Waals surface area contributed by atoms with Gasteiger partial charge in [0.15, 0.2) is 0 Å². The molecule has 2 aromatic carbocycles. The van der Waals surface area contributed by atoms with Crippen LogP contribution in [-0.2, 0) is 16.0 Å². The predicted octanol–water partition coefficient (Wildman–Crippen LogP) is 2.99. The third kappa shape index (κ3) is 4.50. The molecule has 6 nitrogen and oxygen atoms in total. The molecular formula is C19H20N2O4. The average Bonchev–Trinajstić information content (AvgIpc) is 2.77. The second-order valence-corrected chi connectivity index (χ2v) is 5.66. The van der Waals surface area contributed by atoms with E-state index in [1.54, 1.807) is 24.3 Å². The minimum Gasteiger partial charge on any atom is -0.494 e. The van der Waals surface area contributed by atoms with Crippen molar-refractivity contribution in [2.75, 3.05) is 23.8 Å². The van der Waals surface area contributed by atoms with E-state index in [4.69, 9.17) is 9.47 Å². The summed E-state index contributed by atoms with van der Waals surface area (Å²) in [7, 11) is 0. The third-order valence-electron chi connectivity index (χ3n) is 3.72. The van der Waals surface area contributed by atoms with Crippen LogP contribution >= 0.6 is 0 Å². The molecule has 0 fully saturated rings. The van der Waals surface area contributed by atoms with Crippen LogP contribution in [0, 0.1) is 0 Å². The number of fused-ring (bicyclic) bond motifs is 1. The van der Waals surface area contributed by atoms with E-state index in [0.717, 1.165) is 11.3 Å². The summed E-state index contributed by atoms with van der Waals surface area (Å²) in [6.45, 7) is 2.88. The van der Waals surface area contributed by atoms with Crippen molar-refractivity contribution in [1.82, 2.24) is 0 Å². The Balaban J connectivity index is 1.63. The molecule has 0 aromatic heterocycles. The zero-order valence-corrected chi connectivity index (χ0v) is 14.0. The van der Waals surface area contributed by atoms with Gasteiger partial charge >= 0.3 is 0 Å². The molecule has 0 saturated carbocycles. The number of benzene rings is 2. The van der Waals surface area contributed by atoms with E-state index in [9.17, 15) is 9.59 Å². The fraction of sp³-hybridized carbons (Fsp3) is 0.263. The number of hydrogen-bond donors (Lipinski definition) is 2. The molecule has 3 rings (SSSR count). The molecule has 0 radical (unpaired) electrons. The van der Waals surface area contributed by atoms with Gasteiger partial charge in [0.2, 0.25) is 11.8 Å². The number of rotatable bonds is 5. The van der Waals surface area contributed by atoms with Gasteiger partial charge in [-0.2, -0.15) is 0 Å². The molecule has 0 spiro atoms. The summed E-state index contributed by atoms with van der Waals surface area (Å²) in [5.41, 5.74) is 2.11. The van der Waals surface area contributed by atoms with Crippen molar-refractivity contribution in [2.24, 2.45) is 0 Å². The van der Waals surface area contributed by atoms with E-state index in [1.807, 2.05) is 25.1 Å². The normalized spacial score (nSPS) is 13.1. The Morgan fingerprint density at radius 2 is 2.04 bits per heavy atom. The van der Waals surface area contributed by atoms with Crippen LogP contribution in [0.3, 0.4) is 0 Å². The molecule has 2 aromatic rings. The Hall–Kier alpha value is -3.02. The highest BCUT2D eigenvalue weighted by Crippen LogP contribution is 2.28. The zero-order chi connectivity index (χ0) is 17.6. The van der Waals surface area contributed by atoms with Crippen molar-refractivity contribution in [3.63, 3.8) is 0 Å². The Morgan fingerprint density at radius 3 is 2.80 bits per heavy atom. The first kappa shape index (κ1) is 16.8. The molecule has 0 aliphatic carbocycles. The number of hydrogen-bond acceptors (Lipinski definition) is 4. The first-order chi connectivity index (χ1) is 12.1. The van der Waals surface area contributed by atoms with Gasteiger partial charge in [-0.1, -0.05) is 6.07 Å². The van der Waals surface area contributed by atoms with Crippen molar-refractivity contribution in [3.8, 4) is 11.5 Å². The molecule has 130 valence electrons. The van der Waals surface area contributed by atoms with Gasteiger partial charge in [-0.3, -0.25) is 9.59 Å². The third-order valence-corrected chi connectivity index (χ3v) is 3.72. The fourth-order valence-electron chi connectivity index (χ4n) is 2.57. The smallest absolute Gasteiger partial charge is 0.228 e. The van der Waals surface area contributed by atoms with Crippen LogP contribution in [0.15, 0.2) is 42.5 Å². The maximum Gasteiger partial charge on any atom is 0.228 e. The largest absolute Gasteiger partial charge is 0.494 e. The van der Waals surface area contributed by atoms with Gasteiger partial charge < -0.3 is 20.1 Å². The van der Waals surface area contributed by atoms with Gasteiger partial charge in [-0.25, -0.2) is 0 Å². The highest BCUT2D eigenvalue weighted by molar-refractivity contribution is 5.94. The molecule has 2 amide bonds. The van der Waals surface area contributed by atoms with Crippen molar-refractivity contribution in [3.05, 3.63) is 48.0 Å². The summed E-state index contributed by atoms with van der Waals surface area (Å²) in [6.07, 6.45) is 0.526. The fourth-order valence-corrected chi connectivity index (χ4v) is 2.57. The van der Waals surface area contributed by atoms with Gasteiger partial charge in [0.1, 0.15) is 11.5 Å². The van der Waals surface area contributed by atoms with Gasteiger partial charge in [-0.15, -0.1) is 0 Å². The summed E-state index contributed by atoms with van der Waals surface area (Å²) in [6, 6.07) is 12.6. The van der Waals surface area contributed by atoms with Crippen molar-refractivity contribution in [2.45, 2.75) is 19.8 Å². The first-order valence-electron chi connectivity index (χ1n) is 8.22. The molecule has 0 saturated heterocycles. The van der Waals surface area contributed by atoms with E-state index in [0.29, 0.717) is 36.8 Å². The molecule has 1 aliphatic heterocycles. The van der Waals surface area contributed by atoms with Crippen molar-refractivity contribution < 1.29 is 19.1 Å². The molecule has 2 N–H and O–H groups in total. The maximum absolute atomic E-state index is 12.2. The first-order valence-corrected chi connectivity index (χ1v) is 8.22. The number of carbonyl (C=O) groups is 2. The summed E-state index contributed by atoms with van der Waals surface area (Å²) >= 11 is 0. The minimum atomic E-state index is -0.134. The summed E-state index contributed by atoms with van der Waals surface area (Å²) in [5.74, 6) is 1.17. The molecule has 6 heteroatoms. The zero-order valence-electron chi connectivity index (χ0n) is 14.0. The van der Waals surface area contributed by atoms with E-state index in [-0.39, 0.29) is 18.2 Å². The molecule has 1 aliphatic rings. The Bertz CT molecular complexity index is 771. The number of anilines is 2. The second kappa shape index (κ2) is 7.70. The molecule has 0 unspecified atom stereocenters. The number of amides is 2.